The molecular formula is C11H22N2O2. The molecule has 1 amide bonds. The maximum atomic E-state index is 11.5. The van der Waals surface area contributed by atoms with Gasteiger partial charge >= 0.3 is 0 Å². The zero-order valence-corrected chi connectivity index (χ0v) is 9.50. The number of carbonyl (C=O) groups is 1. The van der Waals surface area contributed by atoms with E-state index in [4.69, 9.17) is 10.5 Å². The Hall–Kier alpha value is -0.610. The maximum absolute atomic E-state index is 11.5. The van der Waals surface area contributed by atoms with E-state index in [0.717, 1.165) is 32.5 Å². The molecule has 0 spiro atoms. The normalized spacial score (nSPS) is 19.9. The van der Waals surface area contributed by atoms with Crippen molar-refractivity contribution in [3.63, 3.8) is 0 Å². The first-order chi connectivity index (χ1) is 7.24. The Morgan fingerprint density at radius 1 is 1.53 bits per heavy atom. The van der Waals surface area contributed by atoms with Gasteiger partial charge in [0.05, 0.1) is 0 Å². The minimum absolute atomic E-state index is 0.124. The van der Waals surface area contributed by atoms with Crippen LogP contribution >= 0.6 is 0 Å². The van der Waals surface area contributed by atoms with E-state index < -0.39 is 0 Å². The molecule has 0 aromatic rings. The largest absolute Gasteiger partial charge is 0.381 e. The van der Waals surface area contributed by atoms with Crippen molar-refractivity contribution >= 4 is 5.91 Å². The number of hydrogen-bond acceptors (Lipinski definition) is 3. The van der Waals surface area contributed by atoms with Crippen LogP contribution in [0.25, 0.3) is 0 Å². The summed E-state index contributed by atoms with van der Waals surface area (Å²) in [6.45, 7) is 4.32. The van der Waals surface area contributed by atoms with Crippen molar-refractivity contribution in [3.05, 3.63) is 0 Å². The second-order valence-electron chi connectivity index (χ2n) is 4.20. The third-order valence-electron chi connectivity index (χ3n) is 2.97. The highest BCUT2D eigenvalue weighted by molar-refractivity contribution is 5.76. The van der Waals surface area contributed by atoms with Crippen LogP contribution in [-0.4, -0.2) is 31.7 Å². The standard InChI is InChI=1S/C11H22N2O2/c1-9(10-4-7-15-8-5-10)13-11(14)3-2-6-12/h9-10H,2-8,12H2,1H3,(H,13,14). The fourth-order valence-electron chi connectivity index (χ4n) is 1.92. The van der Waals surface area contributed by atoms with Crippen molar-refractivity contribution in [2.75, 3.05) is 19.8 Å². The molecule has 15 heavy (non-hydrogen) atoms. The average molecular weight is 214 g/mol. The molecule has 1 atom stereocenters. The van der Waals surface area contributed by atoms with Crippen LogP contribution in [0.3, 0.4) is 0 Å². The zero-order chi connectivity index (χ0) is 11.1. The lowest BCUT2D eigenvalue weighted by molar-refractivity contribution is -0.122. The number of amides is 1. The van der Waals surface area contributed by atoms with Gasteiger partial charge in [-0.3, -0.25) is 4.79 Å². The summed E-state index contributed by atoms with van der Waals surface area (Å²) < 4.78 is 5.29. The van der Waals surface area contributed by atoms with E-state index in [1.54, 1.807) is 0 Å². The van der Waals surface area contributed by atoms with Crippen molar-refractivity contribution < 1.29 is 9.53 Å². The van der Waals surface area contributed by atoms with Crippen LogP contribution in [0.2, 0.25) is 0 Å². The van der Waals surface area contributed by atoms with Crippen molar-refractivity contribution in [2.24, 2.45) is 11.7 Å². The first-order valence-corrected chi connectivity index (χ1v) is 5.81. The maximum Gasteiger partial charge on any atom is 0.220 e. The predicted octanol–water partition coefficient (Wildman–Crippen LogP) is 0.657. The molecule has 0 bridgehead atoms. The van der Waals surface area contributed by atoms with Crippen LogP contribution in [-0.2, 0) is 9.53 Å². The number of nitrogens with one attached hydrogen (secondary N) is 1. The molecule has 3 N–H and O–H groups in total. The van der Waals surface area contributed by atoms with Gasteiger partial charge in [-0.1, -0.05) is 0 Å². The Balaban J connectivity index is 2.21. The van der Waals surface area contributed by atoms with Gasteiger partial charge in [0.2, 0.25) is 5.91 Å². The van der Waals surface area contributed by atoms with E-state index in [-0.39, 0.29) is 11.9 Å². The molecule has 0 aliphatic carbocycles. The third-order valence-corrected chi connectivity index (χ3v) is 2.97. The summed E-state index contributed by atoms with van der Waals surface area (Å²) in [7, 11) is 0. The fourth-order valence-corrected chi connectivity index (χ4v) is 1.92. The summed E-state index contributed by atoms with van der Waals surface area (Å²) >= 11 is 0. The summed E-state index contributed by atoms with van der Waals surface area (Å²) in [5, 5.41) is 3.03. The first-order valence-electron chi connectivity index (χ1n) is 5.81. The second-order valence-corrected chi connectivity index (χ2v) is 4.20. The Labute approximate surface area is 91.5 Å². The summed E-state index contributed by atoms with van der Waals surface area (Å²) in [5.74, 6) is 0.694. The van der Waals surface area contributed by atoms with Gasteiger partial charge in [-0.25, -0.2) is 0 Å². The molecule has 0 aromatic heterocycles. The smallest absolute Gasteiger partial charge is 0.220 e. The molecule has 0 saturated carbocycles. The number of ether oxygens (including phenoxy) is 1. The molecule has 1 heterocycles. The average Bonchev–Trinajstić information content (AvgIpc) is 2.27. The lowest BCUT2D eigenvalue weighted by Crippen LogP contribution is -2.40. The molecule has 1 unspecified atom stereocenters. The van der Waals surface area contributed by atoms with E-state index in [1.165, 1.54) is 0 Å². The quantitative estimate of drug-likeness (QED) is 0.706. The van der Waals surface area contributed by atoms with Crippen LogP contribution in [0.4, 0.5) is 0 Å². The minimum Gasteiger partial charge on any atom is -0.381 e. The Bertz CT molecular complexity index is 191. The second kappa shape index (κ2) is 6.80. The van der Waals surface area contributed by atoms with Gasteiger partial charge in [-0.05, 0) is 38.6 Å². The molecular weight excluding hydrogens is 192 g/mol. The molecule has 4 heteroatoms. The molecule has 4 nitrogen and oxygen atoms in total. The SMILES string of the molecule is CC(NC(=O)CCCN)C1CCOCC1. The van der Waals surface area contributed by atoms with Crippen LogP contribution in [0.15, 0.2) is 0 Å². The molecule has 88 valence electrons. The number of nitrogens with two attached hydrogens (primary N) is 1. The Morgan fingerprint density at radius 3 is 2.80 bits per heavy atom. The zero-order valence-electron chi connectivity index (χ0n) is 9.50. The highest BCUT2D eigenvalue weighted by Crippen LogP contribution is 2.18. The Morgan fingerprint density at radius 2 is 2.20 bits per heavy atom. The van der Waals surface area contributed by atoms with Crippen LogP contribution < -0.4 is 11.1 Å². The van der Waals surface area contributed by atoms with Gasteiger partial charge in [0.1, 0.15) is 0 Å². The van der Waals surface area contributed by atoms with Crippen LogP contribution in [0.5, 0.6) is 0 Å². The van der Waals surface area contributed by atoms with E-state index >= 15 is 0 Å². The highest BCUT2D eigenvalue weighted by Gasteiger charge is 2.21. The molecule has 0 radical (unpaired) electrons. The lowest BCUT2D eigenvalue weighted by Gasteiger charge is -2.28. The summed E-state index contributed by atoms with van der Waals surface area (Å²) in [5.41, 5.74) is 5.35. The van der Waals surface area contributed by atoms with Gasteiger partial charge in [0, 0.05) is 25.7 Å². The van der Waals surface area contributed by atoms with Crippen molar-refractivity contribution in [1.82, 2.24) is 5.32 Å². The van der Waals surface area contributed by atoms with E-state index in [2.05, 4.69) is 12.2 Å². The summed E-state index contributed by atoms with van der Waals surface area (Å²) in [4.78, 5) is 11.5. The first kappa shape index (κ1) is 12.5. The molecule has 1 aliphatic rings. The van der Waals surface area contributed by atoms with Crippen molar-refractivity contribution in [3.8, 4) is 0 Å². The predicted molar refractivity (Wildman–Crippen MR) is 59.4 cm³/mol. The summed E-state index contributed by atoms with van der Waals surface area (Å²) in [6, 6.07) is 0.263. The topological polar surface area (TPSA) is 64.4 Å². The summed E-state index contributed by atoms with van der Waals surface area (Å²) in [6.07, 6.45) is 3.42. The molecule has 1 rings (SSSR count). The van der Waals surface area contributed by atoms with Crippen molar-refractivity contribution in [1.29, 1.82) is 0 Å². The Kier molecular flexibility index (Phi) is 5.65. The minimum atomic E-state index is 0.124. The van der Waals surface area contributed by atoms with Crippen molar-refractivity contribution in [2.45, 2.75) is 38.6 Å². The monoisotopic (exact) mass is 214 g/mol. The van der Waals surface area contributed by atoms with Gasteiger partial charge in [-0.2, -0.15) is 0 Å². The fraction of sp³-hybridized carbons (Fsp3) is 0.909. The molecule has 1 fully saturated rings. The highest BCUT2D eigenvalue weighted by atomic mass is 16.5. The van der Waals surface area contributed by atoms with Gasteiger partial charge in [0.25, 0.3) is 0 Å². The number of rotatable bonds is 5. The molecule has 0 aromatic carbocycles. The van der Waals surface area contributed by atoms with E-state index in [0.29, 0.717) is 18.9 Å². The third kappa shape index (κ3) is 4.62. The molecule has 1 saturated heterocycles. The number of carbonyl (C=O) groups excluding carboxylic acids is 1. The van der Waals surface area contributed by atoms with Gasteiger partial charge in [-0.15, -0.1) is 0 Å². The van der Waals surface area contributed by atoms with E-state index in [1.807, 2.05) is 0 Å². The number of hydrogen-bond donors (Lipinski definition) is 2. The molecule has 1 aliphatic heterocycles. The van der Waals surface area contributed by atoms with Crippen LogP contribution in [0.1, 0.15) is 32.6 Å². The van der Waals surface area contributed by atoms with Gasteiger partial charge in [0.15, 0.2) is 0 Å². The lowest BCUT2D eigenvalue weighted by atomic mass is 9.93. The van der Waals surface area contributed by atoms with Crippen LogP contribution in [0, 0.1) is 5.92 Å². The van der Waals surface area contributed by atoms with E-state index in [9.17, 15) is 4.79 Å². The van der Waals surface area contributed by atoms with Gasteiger partial charge < -0.3 is 15.8 Å².